The molecule has 33 heavy (non-hydrogen) atoms. The maximum atomic E-state index is 13.5. The van der Waals surface area contributed by atoms with Crippen LogP contribution in [0, 0.1) is 6.92 Å². The zero-order valence-corrected chi connectivity index (χ0v) is 18.9. The number of rotatable bonds is 6. The topological polar surface area (TPSA) is 61.9 Å². The SMILES string of the molecule is Cc1cccc(N2CCN(C(=O)c3cc4ccccc4cc3OCC(=O)NC3CC3)CC2)c1. The van der Waals surface area contributed by atoms with Gasteiger partial charge in [0.05, 0.1) is 5.56 Å². The number of piperazine rings is 1. The summed E-state index contributed by atoms with van der Waals surface area (Å²) in [6, 6.07) is 20.4. The molecule has 170 valence electrons. The maximum Gasteiger partial charge on any atom is 0.258 e. The van der Waals surface area contributed by atoms with E-state index in [4.69, 9.17) is 4.74 Å². The van der Waals surface area contributed by atoms with Gasteiger partial charge in [0.25, 0.3) is 11.8 Å². The number of ether oxygens (including phenoxy) is 1. The molecule has 5 rings (SSSR count). The second kappa shape index (κ2) is 9.14. The summed E-state index contributed by atoms with van der Waals surface area (Å²) < 4.78 is 5.88. The van der Waals surface area contributed by atoms with E-state index >= 15 is 0 Å². The van der Waals surface area contributed by atoms with Gasteiger partial charge in [-0.05, 0) is 60.4 Å². The zero-order valence-electron chi connectivity index (χ0n) is 18.9. The van der Waals surface area contributed by atoms with E-state index in [-0.39, 0.29) is 24.5 Å². The van der Waals surface area contributed by atoms with Gasteiger partial charge in [0.2, 0.25) is 0 Å². The predicted molar refractivity (Wildman–Crippen MR) is 130 cm³/mol. The molecule has 6 heteroatoms. The van der Waals surface area contributed by atoms with Crippen molar-refractivity contribution in [1.82, 2.24) is 10.2 Å². The van der Waals surface area contributed by atoms with E-state index < -0.39 is 0 Å². The molecule has 0 radical (unpaired) electrons. The number of anilines is 1. The molecule has 6 nitrogen and oxygen atoms in total. The van der Waals surface area contributed by atoms with E-state index in [1.165, 1.54) is 11.3 Å². The number of nitrogens with one attached hydrogen (secondary N) is 1. The Kier molecular flexibility index (Phi) is 5.90. The highest BCUT2D eigenvalue weighted by atomic mass is 16.5. The molecule has 1 aliphatic heterocycles. The van der Waals surface area contributed by atoms with Gasteiger partial charge in [-0.3, -0.25) is 9.59 Å². The molecular weight excluding hydrogens is 414 g/mol. The Morgan fingerprint density at radius 2 is 1.67 bits per heavy atom. The monoisotopic (exact) mass is 443 g/mol. The summed E-state index contributed by atoms with van der Waals surface area (Å²) in [4.78, 5) is 29.9. The summed E-state index contributed by atoms with van der Waals surface area (Å²) in [6.07, 6.45) is 2.06. The van der Waals surface area contributed by atoms with Crippen LogP contribution >= 0.6 is 0 Å². The third-order valence-electron chi connectivity index (χ3n) is 6.31. The molecule has 1 heterocycles. The fraction of sp³-hybridized carbons (Fsp3) is 0.333. The van der Waals surface area contributed by atoms with E-state index in [2.05, 4.69) is 41.4 Å². The molecule has 2 aliphatic rings. The third kappa shape index (κ3) is 4.95. The Morgan fingerprint density at radius 1 is 0.939 bits per heavy atom. The molecule has 3 aromatic rings. The molecule has 2 fully saturated rings. The highest BCUT2D eigenvalue weighted by Crippen LogP contribution is 2.28. The summed E-state index contributed by atoms with van der Waals surface area (Å²) in [5, 5.41) is 4.90. The Morgan fingerprint density at radius 3 is 2.36 bits per heavy atom. The minimum Gasteiger partial charge on any atom is -0.483 e. The standard InChI is InChI=1S/C27H29N3O3/c1-19-5-4-8-23(15-19)29-11-13-30(14-12-29)27(32)24-16-20-6-2-3-7-21(20)17-25(24)33-18-26(31)28-22-9-10-22/h2-8,15-17,22H,9-14,18H2,1H3,(H,28,31). The van der Waals surface area contributed by atoms with Gasteiger partial charge in [0.15, 0.2) is 6.61 Å². The average molecular weight is 444 g/mol. The van der Waals surface area contributed by atoms with Crippen molar-refractivity contribution in [2.75, 3.05) is 37.7 Å². The van der Waals surface area contributed by atoms with Crippen molar-refractivity contribution in [3.8, 4) is 5.75 Å². The van der Waals surface area contributed by atoms with Crippen molar-refractivity contribution in [3.63, 3.8) is 0 Å². The summed E-state index contributed by atoms with van der Waals surface area (Å²) in [5.74, 6) is 0.267. The Bertz CT molecular complexity index is 1180. The third-order valence-corrected chi connectivity index (χ3v) is 6.31. The number of benzene rings is 3. The second-order valence-electron chi connectivity index (χ2n) is 8.94. The van der Waals surface area contributed by atoms with Crippen molar-refractivity contribution in [2.45, 2.75) is 25.8 Å². The highest BCUT2D eigenvalue weighted by Gasteiger charge is 2.26. The largest absolute Gasteiger partial charge is 0.483 e. The molecule has 3 aromatic carbocycles. The van der Waals surface area contributed by atoms with Crippen molar-refractivity contribution in [2.24, 2.45) is 0 Å². The number of carbonyl (C=O) groups excluding carboxylic acids is 2. The first-order valence-corrected chi connectivity index (χ1v) is 11.6. The van der Waals surface area contributed by atoms with Crippen molar-refractivity contribution in [1.29, 1.82) is 0 Å². The Labute approximate surface area is 194 Å². The summed E-state index contributed by atoms with van der Waals surface area (Å²) in [6.45, 7) is 4.85. The quantitative estimate of drug-likeness (QED) is 0.630. The van der Waals surface area contributed by atoms with Crippen LogP contribution in [0.5, 0.6) is 5.75 Å². The number of carbonyl (C=O) groups is 2. The molecule has 1 aliphatic carbocycles. The van der Waals surface area contributed by atoms with E-state index in [9.17, 15) is 9.59 Å². The van der Waals surface area contributed by atoms with Crippen LogP contribution in [-0.2, 0) is 4.79 Å². The second-order valence-corrected chi connectivity index (χ2v) is 8.94. The van der Waals surface area contributed by atoms with Gasteiger partial charge in [-0.15, -0.1) is 0 Å². The van der Waals surface area contributed by atoms with Gasteiger partial charge in [-0.2, -0.15) is 0 Å². The lowest BCUT2D eigenvalue weighted by Gasteiger charge is -2.36. The van der Waals surface area contributed by atoms with Gasteiger partial charge in [0, 0.05) is 37.9 Å². The van der Waals surface area contributed by atoms with Crippen molar-refractivity contribution in [3.05, 3.63) is 71.8 Å². The van der Waals surface area contributed by atoms with Gasteiger partial charge in [-0.1, -0.05) is 36.4 Å². The number of aryl methyl sites for hydroxylation is 1. The Balaban J connectivity index is 1.33. The van der Waals surface area contributed by atoms with Gasteiger partial charge < -0.3 is 19.9 Å². The van der Waals surface area contributed by atoms with Gasteiger partial charge >= 0.3 is 0 Å². The fourth-order valence-corrected chi connectivity index (χ4v) is 4.31. The molecule has 2 amide bonds. The van der Waals surface area contributed by atoms with Gasteiger partial charge in [-0.25, -0.2) is 0 Å². The summed E-state index contributed by atoms with van der Waals surface area (Å²) >= 11 is 0. The lowest BCUT2D eigenvalue weighted by atomic mass is 10.0. The van der Waals surface area contributed by atoms with Crippen LogP contribution < -0.4 is 15.0 Å². The lowest BCUT2D eigenvalue weighted by Crippen LogP contribution is -2.48. The molecule has 1 saturated heterocycles. The lowest BCUT2D eigenvalue weighted by molar-refractivity contribution is -0.123. The number of amides is 2. The van der Waals surface area contributed by atoms with Crippen molar-refractivity contribution < 1.29 is 14.3 Å². The normalized spacial score (nSPS) is 16.0. The molecular formula is C27H29N3O3. The smallest absolute Gasteiger partial charge is 0.258 e. The van der Waals surface area contributed by atoms with Crippen LogP contribution in [-0.4, -0.2) is 55.5 Å². The summed E-state index contributed by atoms with van der Waals surface area (Å²) in [5.41, 5.74) is 2.94. The zero-order chi connectivity index (χ0) is 22.8. The molecule has 0 aromatic heterocycles. The van der Waals surface area contributed by atoms with Crippen LogP contribution in [0.25, 0.3) is 10.8 Å². The molecule has 0 atom stereocenters. The van der Waals surface area contributed by atoms with Crippen LogP contribution in [0.15, 0.2) is 60.7 Å². The van der Waals surface area contributed by atoms with Crippen LogP contribution in [0.2, 0.25) is 0 Å². The van der Waals surface area contributed by atoms with Crippen LogP contribution in [0.1, 0.15) is 28.8 Å². The minimum absolute atomic E-state index is 0.0535. The predicted octanol–water partition coefficient (Wildman–Crippen LogP) is 3.77. The fourth-order valence-electron chi connectivity index (χ4n) is 4.31. The Hall–Kier alpha value is -3.54. The van der Waals surface area contributed by atoms with E-state index in [1.54, 1.807) is 0 Å². The highest BCUT2D eigenvalue weighted by molar-refractivity contribution is 6.02. The first-order valence-electron chi connectivity index (χ1n) is 11.6. The van der Waals surface area contributed by atoms with Crippen LogP contribution in [0.3, 0.4) is 0 Å². The minimum atomic E-state index is -0.143. The number of nitrogens with zero attached hydrogens (tertiary/aromatic N) is 2. The molecule has 1 saturated carbocycles. The van der Waals surface area contributed by atoms with Crippen molar-refractivity contribution >= 4 is 28.3 Å². The van der Waals surface area contributed by atoms with E-state index in [0.29, 0.717) is 24.4 Å². The number of hydrogen-bond donors (Lipinski definition) is 1. The number of hydrogen-bond acceptors (Lipinski definition) is 4. The maximum absolute atomic E-state index is 13.5. The summed E-state index contributed by atoms with van der Waals surface area (Å²) in [7, 11) is 0. The first-order chi connectivity index (χ1) is 16.1. The molecule has 0 bridgehead atoms. The first kappa shape index (κ1) is 21.3. The van der Waals surface area contributed by atoms with E-state index in [1.807, 2.05) is 41.3 Å². The van der Waals surface area contributed by atoms with E-state index in [0.717, 1.165) is 36.7 Å². The molecule has 0 unspecified atom stereocenters. The molecule has 1 N–H and O–H groups in total. The van der Waals surface area contributed by atoms with Gasteiger partial charge in [0.1, 0.15) is 5.75 Å². The average Bonchev–Trinajstić information content (AvgIpc) is 3.66. The van der Waals surface area contributed by atoms with Crippen LogP contribution in [0.4, 0.5) is 5.69 Å². The molecule has 0 spiro atoms. The number of fused-ring (bicyclic) bond motifs is 1.